The maximum atomic E-state index is 12.8. The molecule has 1 aliphatic carbocycles. The van der Waals surface area contributed by atoms with Gasteiger partial charge in [0, 0.05) is 51.7 Å². The van der Waals surface area contributed by atoms with Crippen LogP contribution in [-0.4, -0.2) is 73.0 Å². The second-order valence-corrected chi connectivity index (χ2v) is 8.63. The molecular weight excluding hydrogens is 334 g/mol. The SMILES string of the molecule is CC.CCC1CCC(C(=O)N2CCC(CN3CCN(CC)CC3)CC2)CC1. The fourth-order valence-electron chi connectivity index (χ4n) is 5.07. The molecule has 0 aromatic carbocycles. The third-order valence-electron chi connectivity index (χ3n) is 7.13. The second-order valence-electron chi connectivity index (χ2n) is 8.63. The average Bonchev–Trinajstić information content (AvgIpc) is 2.76. The minimum Gasteiger partial charge on any atom is -0.342 e. The summed E-state index contributed by atoms with van der Waals surface area (Å²) < 4.78 is 0. The molecule has 0 N–H and O–H groups in total. The van der Waals surface area contributed by atoms with E-state index in [4.69, 9.17) is 0 Å². The van der Waals surface area contributed by atoms with Gasteiger partial charge in [-0.15, -0.1) is 0 Å². The van der Waals surface area contributed by atoms with E-state index >= 15 is 0 Å². The van der Waals surface area contributed by atoms with E-state index in [0.29, 0.717) is 11.8 Å². The van der Waals surface area contributed by atoms with Crippen LogP contribution in [0.1, 0.15) is 72.6 Å². The molecule has 2 aliphatic heterocycles. The van der Waals surface area contributed by atoms with Gasteiger partial charge in [-0.3, -0.25) is 4.79 Å². The lowest BCUT2D eigenvalue weighted by atomic mass is 9.80. The lowest BCUT2D eigenvalue weighted by molar-refractivity contribution is -0.138. The van der Waals surface area contributed by atoms with Crippen molar-refractivity contribution < 1.29 is 4.79 Å². The van der Waals surface area contributed by atoms with Gasteiger partial charge < -0.3 is 14.7 Å². The Bertz CT molecular complexity index is 404. The van der Waals surface area contributed by atoms with Gasteiger partial charge in [-0.1, -0.05) is 34.1 Å². The molecule has 3 aliphatic rings. The normalized spacial score (nSPS) is 28.5. The van der Waals surface area contributed by atoms with E-state index in [1.807, 2.05) is 13.8 Å². The van der Waals surface area contributed by atoms with Gasteiger partial charge in [0.25, 0.3) is 0 Å². The van der Waals surface area contributed by atoms with Gasteiger partial charge in [-0.2, -0.15) is 0 Å². The Kier molecular flexibility index (Phi) is 10.1. The zero-order chi connectivity index (χ0) is 19.6. The molecule has 4 heteroatoms. The number of rotatable bonds is 5. The van der Waals surface area contributed by atoms with Crippen molar-refractivity contribution in [1.29, 1.82) is 0 Å². The number of likely N-dealkylation sites (N-methyl/N-ethyl adjacent to an activating group) is 1. The molecule has 0 unspecified atom stereocenters. The molecule has 0 radical (unpaired) electrons. The fraction of sp³-hybridized carbons (Fsp3) is 0.957. The summed E-state index contributed by atoms with van der Waals surface area (Å²) in [6.45, 7) is 17.9. The molecule has 4 nitrogen and oxygen atoms in total. The molecule has 0 spiro atoms. The molecule has 0 bridgehead atoms. The first-order valence-electron chi connectivity index (χ1n) is 11.9. The van der Waals surface area contributed by atoms with Gasteiger partial charge in [0.1, 0.15) is 0 Å². The summed E-state index contributed by atoms with van der Waals surface area (Å²) in [5.74, 6) is 2.49. The van der Waals surface area contributed by atoms with E-state index in [9.17, 15) is 4.79 Å². The summed E-state index contributed by atoms with van der Waals surface area (Å²) in [6.07, 6.45) is 8.53. The smallest absolute Gasteiger partial charge is 0.225 e. The zero-order valence-corrected chi connectivity index (χ0v) is 18.6. The molecule has 1 amide bonds. The number of hydrogen-bond donors (Lipinski definition) is 0. The molecule has 3 rings (SSSR count). The van der Waals surface area contributed by atoms with Crippen LogP contribution >= 0.6 is 0 Å². The van der Waals surface area contributed by atoms with Gasteiger partial charge in [0.2, 0.25) is 5.91 Å². The van der Waals surface area contributed by atoms with Crippen LogP contribution in [-0.2, 0) is 4.79 Å². The second kappa shape index (κ2) is 12.1. The number of amides is 1. The molecule has 2 saturated heterocycles. The fourth-order valence-corrected chi connectivity index (χ4v) is 5.07. The Hall–Kier alpha value is -0.610. The molecule has 27 heavy (non-hydrogen) atoms. The van der Waals surface area contributed by atoms with Crippen molar-refractivity contribution in [2.24, 2.45) is 17.8 Å². The quantitative estimate of drug-likeness (QED) is 0.719. The van der Waals surface area contributed by atoms with Crippen LogP contribution in [0.2, 0.25) is 0 Å². The third-order valence-corrected chi connectivity index (χ3v) is 7.13. The Morgan fingerprint density at radius 2 is 1.30 bits per heavy atom. The van der Waals surface area contributed by atoms with Crippen LogP contribution in [0, 0.1) is 17.8 Å². The minimum absolute atomic E-state index is 0.335. The van der Waals surface area contributed by atoms with E-state index < -0.39 is 0 Å². The highest BCUT2D eigenvalue weighted by Crippen LogP contribution is 2.32. The molecule has 0 aromatic rings. The largest absolute Gasteiger partial charge is 0.342 e. The van der Waals surface area contributed by atoms with Crippen LogP contribution in [0.25, 0.3) is 0 Å². The lowest BCUT2D eigenvalue weighted by Gasteiger charge is -2.39. The van der Waals surface area contributed by atoms with Crippen molar-refractivity contribution >= 4 is 5.91 Å². The Balaban J connectivity index is 0.00000126. The van der Waals surface area contributed by atoms with E-state index in [1.165, 1.54) is 71.4 Å². The van der Waals surface area contributed by atoms with Crippen LogP contribution in [0.4, 0.5) is 0 Å². The van der Waals surface area contributed by atoms with Crippen molar-refractivity contribution in [3.63, 3.8) is 0 Å². The summed E-state index contributed by atoms with van der Waals surface area (Å²) in [6, 6.07) is 0. The molecule has 0 aromatic heterocycles. The predicted molar refractivity (Wildman–Crippen MR) is 115 cm³/mol. The lowest BCUT2D eigenvalue weighted by Crippen LogP contribution is -2.49. The summed E-state index contributed by atoms with van der Waals surface area (Å²) in [4.78, 5) is 20.2. The number of likely N-dealkylation sites (tertiary alicyclic amines) is 1. The standard InChI is InChI=1S/C21H39N3O.C2H6/c1-3-18-5-7-20(8-6-18)21(25)24-11-9-19(10-12-24)17-23-15-13-22(4-2)14-16-23;1-2/h18-20H,3-17H2,1-2H3;1-2H3. The molecular formula is C23H45N3O. The van der Waals surface area contributed by atoms with Crippen LogP contribution < -0.4 is 0 Å². The maximum Gasteiger partial charge on any atom is 0.225 e. The molecule has 1 saturated carbocycles. The average molecular weight is 380 g/mol. The van der Waals surface area contributed by atoms with E-state index in [1.54, 1.807) is 0 Å². The van der Waals surface area contributed by atoms with E-state index in [-0.39, 0.29) is 0 Å². The summed E-state index contributed by atoms with van der Waals surface area (Å²) in [5.41, 5.74) is 0. The van der Waals surface area contributed by atoms with Crippen molar-refractivity contribution in [2.45, 2.75) is 72.6 Å². The topological polar surface area (TPSA) is 26.8 Å². The van der Waals surface area contributed by atoms with E-state index in [0.717, 1.165) is 37.8 Å². The molecule has 158 valence electrons. The first-order valence-corrected chi connectivity index (χ1v) is 11.9. The van der Waals surface area contributed by atoms with E-state index in [2.05, 4.69) is 28.5 Å². The van der Waals surface area contributed by atoms with Gasteiger partial charge >= 0.3 is 0 Å². The first-order chi connectivity index (χ1) is 13.2. The van der Waals surface area contributed by atoms with Crippen molar-refractivity contribution in [3.05, 3.63) is 0 Å². The predicted octanol–water partition coefficient (Wildman–Crippen LogP) is 4.11. The molecule has 2 heterocycles. The minimum atomic E-state index is 0.335. The van der Waals surface area contributed by atoms with Crippen LogP contribution in [0.15, 0.2) is 0 Å². The van der Waals surface area contributed by atoms with Gasteiger partial charge in [-0.25, -0.2) is 0 Å². The maximum absolute atomic E-state index is 12.8. The molecule has 3 fully saturated rings. The van der Waals surface area contributed by atoms with Crippen LogP contribution in [0.5, 0.6) is 0 Å². The van der Waals surface area contributed by atoms with Crippen molar-refractivity contribution in [2.75, 3.05) is 52.4 Å². The highest BCUT2D eigenvalue weighted by atomic mass is 16.2. The van der Waals surface area contributed by atoms with Gasteiger partial charge in [0.05, 0.1) is 0 Å². The molecule has 0 atom stereocenters. The first kappa shape index (κ1) is 22.7. The number of hydrogen-bond acceptors (Lipinski definition) is 3. The highest BCUT2D eigenvalue weighted by Gasteiger charge is 2.31. The highest BCUT2D eigenvalue weighted by molar-refractivity contribution is 5.79. The van der Waals surface area contributed by atoms with Crippen LogP contribution in [0.3, 0.4) is 0 Å². The third kappa shape index (κ3) is 6.74. The number of nitrogens with zero attached hydrogens (tertiary/aromatic N) is 3. The summed E-state index contributed by atoms with van der Waals surface area (Å²) >= 11 is 0. The Morgan fingerprint density at radius 1 is 0.741 bits per heavy atom. The summed E-state index contributed by atoms with van der Waals surface area (Å²) in [5, 5.41) is 0. The van der Waals surface area contributed by atoms with Crippen molar-refractivity contribution in [3.8, 4) is 0 Å². The number of piperazine rings is 1. The monoisotopic (exact) mass is 379 g/mol. The van der Waals surface area contributed by atoms with Gasteiger partial charge in [0.15, 0.2) is 0 Å². The number of carbonyl (C=O) groups excluding carboxylic acids is 1. The number of carbonyl (C=O) groups is 1. The Morgan fingerprint density at radius 3 is 1.81 bits per heavy atom. The zero-order valence-electron chi connectivity index (χ0n) is 18.6. The summed E-state index contributed by atoms with van der Waals surface area (Å²) in [7, 11) is 0. The Labute approximate surface area is 168 Å². The van der Waals surface area contributed by atoms with Gasteiger partial charge in [-0.05, 0) is 56.9 Å². The van der Waals surface area contributed by atoms with Crippen molar-refractivity contribution in [1.82, 2.24) is 14.7 Å². The number of piperidine rings is 1.